The molecule has 0 heterocycles. The highest BCUT2D eigenvalue weighted by atomic mass is 14.0. The van der Waals surface area contributed by atoms with E-state index < -0.39 is 0 Å². The molecule has 0 spiro atoms. The van der Waals surface area contributed by atoms with Crippen LogP contribution >= 0.6 is 0 Å². The lowest BCUT2D eigenvalue weighted by Gasteiger charge is -2.01. The molecule has 0 aromatic heterocycles. The quantitative estimate of drug-likeness (QED) is 0.508. The van der Waals surface area contributed by atoms with Crippen LogP contribution in [0.3, 0.4) is 0 Å². The normalized spacial score (nSPS) is 14.1. The van der Waals surface area contributed by atoms with Gasteiger partial charge in [-0.15, -0.1) is 0 Å². The molecule has 0 nitrogen and oxygen atoms in total. The number of hydrogen-bond acceptors (Lipinski definition) is 0. The molecule has 0 aromatic carbocycles. The van der Waals surface area contributed by atoms with Crippen molar-refractivity contribution in [3.63, 3.8) is 0 Å². The van der Waals surface area contributed by atoms with Gasteiger partial charge in [0.25, 0.3) is 0 Å². The van der Waals surface area contributed by atoms with E-state index in [1.54, 1.807) is 0 Å². The minimum Gasteiger partial charge on any atom is -0.0651 e. The first-order valence-corrected chi connectivity index (χ1v) is 2.97. The Hall–Kier alpha value is 0. The average molecular weight is 98.2 g/mol. The van der Waals surface area contributed by atoms with Gasteiger partial charge in [0.05, 0.1) is 0 Å². The van der Waals surface area contributed by atoms with E-state index in [9.17, 15) is 0 Å². The average Bonchev–Trinajstić information content (AvgIpc) is 1.68. The zero-order valence-electron chi connectivity index (χ0n) is 5.28. The minimum atomic E-state index is 0.574. The van der Waals surface area contributed by atoms with Gasteiger partial charge in [0.15, 0.2) is 0 Å². The molecule has 0 aliphatic carbocycles. The van der Waals surface area contributed by atoms with Gasteiger partial charge < -0.3 is 0 Å². The molecule has 1 unspecified atom stereocenters. The Morgan fingerprint density at radius 1 is 1.57 bits per heavy atom. The molecule has 0 fully saturated rings. The molecule has 0 saturated carbocycles. The van der Waals surface area contributed by atoms with Crippen molar-refractivity contribution in [2.45, 2.75) is 26.7 Å². The van der Waals surface area contributed by atoms with Crippen LogP contribution in [0.15, 0.2) is 0 Å². The fraction of sp³-hybridized carbons (Fsp3) is 0.714. The topological polar surface area (TPSA) is 0 Å². The van der Waals surface area contributed by atoms with E-state index in [0.29, 0.717) is 5.92 Å². The first-order valence-electron chi connectivity index (χ1n) is 2.97. The van der Waals surface area contributed by atoms with Gasteiger partial charge in [0.2, 0.25) is 0 Å². The van der Waals surface area contributed by atoms with Crippen LogP contribution in [0.4, 0.5) is 0 Å². The zero-order chi connectivity index (χ0) is 5.70. The van der Waals surface area contributed by atoms with Crippen LogP contribution in [0.1, 0.15) is 26.7 Å². The maximum absolute atomic E-state index is 3.89. The predicted octanol–water partition coefficient (Wildman–Crippen LogP) is 2.46. The van der Waals surface area contributed by atoms with E-state index in [1.807, 2.05) is 0 Å². The molecule has 0 aliphatic rings. The van der Waals surface area contributed by atoms with Gasteiger partial charge in [-0.25, -0.2) is 0 Å². The first kappa shape index (κ1) is 7.00. The maximum atomic E-state index is 3.89. The second-order valence-corrected chi connectivity index (χ2v) is 1.81. The van der Waals surface area contributed by atoms with E-state index in [4.69, 9.17) is 0 Å². The SMILES string of the molecule is [CH2]C([CH]CC)CC. The Balaban J connectivity index is 2.83. The summed E-state index contributed by atoms with van der Waals surface area (Å²) in [6.07, 6.45) is 4.57. The molecule has 0 amide bonds. The minimum absolute atomic E-state index is 0.574. The Morgan fingerprint density at radius 2 is 2.14 bits per heavy atom. The molecule has 0 aliphatic heterocycles. The molecule has 2 radical (unpaired) electrons. The Morgan fingerprint density at radius 3 is 2.29 bits per heavy atom. The molecule has 0 saturated heterocycles. The summed E-state index contributed by atoms with van der Waals surface area (Å²) in [5.41, 5.74) is 0. The molecule has 1 atom stereocenters. The third kappa shape index (κ3) is 3.84. The first-order chi connectivity index (χ1) is 3.31. The van der Waals surface area contributed by atoms with Crippen LogP contribution in [0, 0.1) is 19.3 Å². The summed E-state index contributed by atoms with van der Waals surface area (Å²) in [6.45, 7) is 8.19. The molecule has 42 valence electrons. The van der Waals surface area contributed by atoms with Crippen molar-refractivity contribution in [1.82, 2.24) is 0 Å². The fourth-order valence-corrected chi connectivity index (χ4v) is 0.500. The van der Waals surface area contributed by atoms with Gasteiger partial charge >= 0.3 is 0 Å². The van der Waals surface area contributed by atoms with Crippen molar-refractivity contribution in [1.29, 1.82) is 0 Å². The van der Waals surface area contributed by atoms with Crippen LogP contribution in [0.5, 0.6) is 0 Å². The summed E-state index contributed by atoms with van der Waals surface area (Å²) < 4.78 is 0. The standard InChI is InChI=1S/C7H14/c1-4-6-7(3)5-2/h6-7H,3-5H2,1-2H3. The fourth-order valence-electron chi connectivity index (χ4n) is 0.500. The van der Waals surface area contributed by atoms with Gasteiger partial charge in [0.1, 0.15) is 0 Å². The summed E-state index contributed by atoms with van der Waals surface area (Å²) in [6, 6.07) is 0. The van der Waals surface area contributed by atoms with Crippen molar-refractivity contribution in [3.05, 3.63) is 13.3 Å². The second kappa shape index (κ2) is 4.17. The van der Waals surface area contributed by atoms with Gasteiger partial charge in [-0.1, -0.05) is 26.7 Å². The van der Waals surface area contributed by atoms with E-state index in [1.165, 1.54) is 6.42 Å². The summed E-state index contributed by atoms with van der Waals surface area (Å²) in [5.74, 6) is 0.574. The molecule has 0 bridgehead atoms. The highest BCUT2D eigenvalue weighted by molar-refractivity contribution is 4.74. The summed E-state index contributed by atoms with van der Waals surface area (Å²) in [5, 5.41) is 0. The lowest BCUT2D eigenvalue weighted by atomic mass is 10.0. The Kier molecular flexibility index (Phi) is 4.17. The van der Waals surface area contributed by atoms with Crippen LogP contribution in [-0.2, 0) is 0 Å². The largest absolute Gasteiger partial charge is 0.0651 e. The van der Waals surface area contributed by atoms with E-state index in [2.05, 4.69) is 27.2 Å². The lowest BCUT2D eigenvalue weighted by molar-refractivity contribution is 0.687. The van der Waals surface area contributed by atoms with Gasteiger partial charge in [0, 0.05) is 0 Å². The maximum Gasteiger partial charge on any atom is -0.0358 e. The summed E-state index contributed by atoms with van der Waals surface area (Å²) in [4.78, 5) is 0. The van der Waals surface area contributed by atoms with Crippen LogP contribution in [0.25, 0.3) is 0 Å². The highest BCUT2D eigenvalue weighted by Gasteiger charge is 1.93. The Labute approximate surface area is 46.9 Å². The van der Waals surface area contributed by atoms with Crippen LogP contribution in [0.2, 0.25) is 0 Å². The zero-order valence-corrected chi connectivity index (χ0v) is 5.28. The monoisotopic (exact) mass is 98.1 g/mol. The van der Waals surface area contributed by atoms with Gasteiger partial charge in [-0.2, -0.15) is 0 Å². The lowest BCUT2D eigenvalue weighted by Crippen LogP contribution is -1.90. The van der Waals surface area contributed by atoms with Crippen LogP contribution < -0.4 is 0 Å². The van der Waals surface area contributed by atoms with Gasteiger partial charge in [-0.3, -0.25) is 0 Å². The third-order valence-electron chi connectivity index (χ3n) is 1.09. The van der Waals surface area contributed by atoms with Crippen molar-refractivity contribution in [2.24, 2.45) is 5.92 Å². The molecule has 7 heavy (non-hydrogen) atoms. The third-order valence-corrected chi connectivity index (χ3v) is 1.09. The van der Waals surface area contributed by atoms with E-state index in [0.717, 1.165) is 6.42 Å². The summed E-state index contributed by atoms with van der Waals surface area (Å²) in [7, 11) is 0. The number of rotatable bonds is 3. The smallest absolute Gasteiger partial charge is 0.0358 e. The van der Waals surface area contributed by atoms with Crippen LogP contribution in [-0.4, -0.2) is 0 Å². The molecule has 0 heteroatoms. The summed E-state index contributed by atoms with van der Waals surface area (Å²) >= 11 is 0. The van der Waals surface area contributed by atoms with E-state index in [-0.39, 0.29) is 0 Å². The van der Waals surface area contributed by atoms with Crippen molar-refractivity contribution >= 4 is 0 Å². The van der Waals surface area contributed by atoms with Crippen molar-refractivity contribution in [2.75, 3.05) is 0 Å². The second-order valence-electron chi connectivity index (χ2n) is 1.81. The molecular weight excluding hydrogens is 84.1 g/mol. The number of hydrogen-bond donors (Lipinski definition) is 0. The van der Waals surface area contributed by atoms with Crippen molar-refractivity contribution in [3.8, 4) is 0 Å². The molecule has 0 N–H and O–H groups in total. The van der Waals surface area contributed by atoms with Gasteiger partial charge in [-0.05, 0) is 19.3 Å². The Bertz CT molecular complexity index is 31.0. The van der Waals surface area contributed by atoms with E-state index >= 15 is 0 Å². The molecule has 0 aromatic rings. The molecular formula is C7H14. The molecule has 0 rings (SSSR count). The highest BCUT2D eigenvalue weighted by Crippen LogP contribution is 2.05. The predicted molar refractivity (Wildman–Crippen MR) is 33.7 cm³/mol. The van der Waals surface area contributed by atoms with Crippen molar-refractivity contribution < 1.29 is 0 Å².